The van der Waals surface area contributed by atoms with Gasteiger partial charge in [-0.2, -0.15) is 0 Å². The lowest BCUT2D eigenvalue weighted by Gasteiger charge is -2.23. The molecular weight excluding hydrogens is 322 g/mol. The van der Waals surface area contributed by atoms with Crippen LogP contribution in [0.3, 0.4) is 0 Å². The molecule has 0 bridgehead atoms. The number of hydrogen-bond acceptors (Lipinski definition) is 3. The van der Waals surface area contributed by atoms with Crippen molar-refractivity contribution in [2.45, 2.75) is 13.1 Å². The average Bonchev–Trinajstić information content (AvgIpc) is 3.07. The lowest BCUT2D eigenvalue weighted by molar-refractivity contribution is 0.497. The molecule has 0 amide bonds. The van der Waals surface area contributed by atoms with Gasteiger partial charge in [0.05, 0.1) is 12.0 Å². The van der Waals surface area contributed by atoms with Crippen LogP contribution < -0.4 is 4.90 Å². The van der Waals surface area contributed by atoms with Crippen LogP contribution in [0.4, 0.5) is 14.5 Å². The molecule has 23 heavy (non-hydrogen) atoms. The molecule has 0 unspecified atom stereocenters. The highest BCUT2D eigenvalue weighted by atomic mass is 35.5. The van der Waals surface area contributed by atoms with Crippen LogP contribution in [0.25, 0.3) is 0 Å². The van der Waals surface area contributed by atoms with Crippen LogP contribution in [0.2, 0.25) is 5.15 Å². The largest absolute Gasteiger partial charge is 0.470 e. The summed E-state index contributed by atoms with van der Waals surface area (Å²) in [5, 5.41) is 0.403. The Hall–Kier alpha value is -2.40. The maximum atomic E-state index is 13.9. The van der Waals surface area contributed by atoms with E-state index in [1.165, 1.54) is 12.3 Å². The monoisotopic (exact) mass is 334 g/mol. The van der Waals surface area contributed by atoms with E-state index in [1.807, 2.05) is 11.0 Å². The van der Waals surface area contributed by atoms with Gasteiger partial charge >= 0.3 is 0 Å². The van der Waals surface area contributed by atoms with Crippen molar-refractivity contribution in [3.63, 3.8) is 0 Å². The zero-order valence-electron chi connectivity index (χ0n) is 12.0. The van der Waals surface area contributed by atoms with Crippen LogP contribution in [0, 0.1) is 11.6 Å². The summed E-state index contributed by atoms with van der Waals surface area (Å²) in [5.74, 6) is -1.70. The van der Waals surface area contributed by atoms with Gasteiger partial charge < -0.3 is 9.32 Å². The fourth-order valence-electron chi connectivity index (χ4n) is 2.27. The third-order valence-corrected chi connectivity index (χ3v) is 3.65. The predicted molar refractivity (Wildman–Crippen MR) is 84.2 cm³/mol. The van der Waals surface area contributed by atoms with Crippen molar-refractivity contribution in [3.05, 3.63) is 83.0 Å². The zero-order valence-corrected chi connectivity index (χ0v) is 12.8. The fraction of sp³-hybridized carbons (Fsp3) is 0.118. The van der Waals surface area contributed by atoms with Crippen LogP contribution in [0.1, 0.15) is 11.1 Å². The second-order valence-electron chi connectivity index (χ2n) is 5.04. The van der Waals surface area contributed by atoms with E-state index in [4.69, 9.17) is 16.0 Å². The molecule has 0 fully saturated rings. The first kappa shape index (κ1) is 15.5. The molecule has 0 saturated heterocycles. The molecule has 0 aliphatic heterocycles. The van der Waals surface area contributed by atoms with Crippen LogP contribution in [0.5, 0.6) is 0 Å². The lowest BCUT2D eigenvalue weighted by Crippen LogP contribution is -2.22. The highest BCUT2D eigenvalue weighted by molar-refractivity contribution is 6.29. The maximum absolute atomic E-state index is 13.9. The summed E-state index contributed by atoms with van der Waals surface area (Å²) in [6.07, 6.45) is 4.74. The van der Waals surface area contributed by atoms with E-state index in [9.17, 15) is 8.78 Å². The Morgan fingerprint density at radius 3 is 2.65 bits per heavy atom. The molecule has 0 aliphatic rings. The smallest absolute Gasteiger partial charge is 0.163 e. The molecule has 118 valence electrons. The van der Waals surface area contributed by atoms with Crippen molar-refractivity contribution in [1.82, 2.24) is 4.98 Å². The van der Waals surface area contributed by atoms with Gasteiger partial charge in [0.2, 0.25) is 0 Å². The van der Waals surface area contributed by atoms with Gasteiger partial charge in [0.1, 0.15) is 11.4 Å². The minimum atomic E-state index is -0.859. The minimum absolute atomic E-state index is 0.200. The third-order valence-electron chi connectivity index (χ3n) is 3.43. The van der Waals surface area contributed by atoms with E-state index in [-0.39, 0.29) is 12.1 Å². The predicted octanol–water partition coefficient (Wildman–Crippen LogP) is 4.81. The quantitative estimate of drug-likeness (QED) is 0.627. The summed E-state index contributed by atoms with van der Waals surface area (Å²) in [4.78, 5) is 5.90. The molecule has 3 nitrogen and oxygen atoms in total. The Labute approximate surface area is 137 Å². The summed E-state index contributed by atoms with van der Waals surface area (Å²) < 4.78 is 32.4. The molecule has 0 atom stereocenters. The van der Waals surface area contributed by atoms with Crippen LogP contribution in [0.15, 0.2) is 59.5 Å². The van der Waals surface area contributed by atoms with E-state index in [0.717, 1.165) is 17.3 Å². The van der Waals surface area contributed by atoms with Crippen molar-refractivity contribution >= 4 is 17.3 Å². The molecule has 0 spiro atoms. The van der Waals surface area contributed by atoms with Crippen molar-refractivity contribution in [2.75, 3.05) is 4.90 Å². The molecule has 3 rings (SSSR count). The number of furan rings is 1. The van der Waals surface area contributed by atoms with Gasteiger partial charge in [-0.05, 0) is 23.8 Å². The van der Waals surface area contributed by atoms with Crippen LogP contribution in [-0.2, 0) is 13.1 Å². The zero-order chi connectivity index (χ0) is 16.2. The Bertz CT molecular complexity index is 776. The number of nitrogens with zero attached hydrogens (tertiary/aromatic N) is 2. The lowest BCUT2D eigenvalue weighted by atomic mass is 10.1. The Morgan fingerprint density at radius 1 is 1.09 bits per heavy atom. The Kier molecular flexibility index (Phi) is 4.57. The highest BCUT2D eigenvalue weighted by Crippen LogP contribution is 2.22. The molecule has 0 radical (unpaired) electrons. The Morgan fingerprint density at radius 2 is 1.96 bits per heavy atom. The second-order valence-corrected chi connectivity index (χ2v) is 5.43. The molecule has 6 heteroatoms. The average molecular weight is 335 g/mol. The third kappa shape index (κ3) is 3.68. The van der Waals surface area contributed by atoms with Crippen molar-refractivity contribution in [1.29, 1.82) is 0 Å². The van der Waals surface area contributed by atoms with Gasteiger partial charge in [0, 0.05) is 24.8 Å². The van der Waals surface area contributed by atoms with Crippen molar-refractivity contribution in [3.8, 4) is 0 Å². The SMILES string of the molecule is Fc1cccc(CN(Cc2ccc(Cl)nc2)c2ccoc2)c1F. The normalized spacial score (nSPS) is 10.7. The van der Waals surface area contributed by atoms with Crippen LogP contribution >= 0.6 is 11.6 Å². The van der Waals surface area contributed by atoms with Gasteiger partial charge in [-0.3, -0.25) is 0 Å². The molecule has 1 aromatic carbocycles. The summed E-state index contributed by atoms with van der Waals surface area (Å²) in [6, 6.07) is 9.44. The van der Waals surface area contributed by atoms with E-state index >= 15 is 0 Å². The van der Waals surface area contributed by atoms with E-state index < -0.39 is 11.6 Å². The first-order chi connectivity index (χ1) is 11.1. The summed E-state index contributed by atoms with van der Waals surface area (Å²) >= 11 is 5.78. The van der Waals surface area contributed by atoms with E-state index in [1.54, 1.807) is 30.7 Å². The fourth-order valence-corrected chi connectivity index (χ4v) is 2.38. The molecule has 0 saturated carbocycles. The van der Waals surface area contributed by atoms with E-state index in [0.29, 0.717) is 11.7 Å². The van der Waals surface area contributed by atoms with Crippen molar-refractivity contribution < 1.29 is 13.2 Å². The molecule has 0 aliphatic carbocycles. The maximum Gasteiger partial charge on any atom is 0.163 e. The number of hydrogen-bond donors (Lipinski definition) is 0. The number of halogens is 3. The van der Waals surface area contributed by atoms with Gasteiger partial charge in [0.25, 0.3) is 0 Å². The summed E-state index contributed by atoms with van der Waals surface area (Å²) in [7, 11) is 0. The number of pyridine rings is 1. The topological polar surface area (TPSA) is 29.3 Å². The summed E-state index contributed by atoms with van der Waals surface area (Å²) in [6.45, 7) is 0.658. The number of benzene rings is 1. The number of rotatable bonds is 5. The van der Waals surface area contributed by atoms with Gasteiger partial charge in [0.15, 0.2) is 11.6 Å². The molecule has 3 aromatic rings. The Balaban J connectivity index is 1.87. The number of anilines is 1. The van der Waals surface area contributed by atoms with Crippen LogP contribution in [-0.4, -0.2) is 4.98 Å². The molecular formula is C17H13ClF2N2O. The second kappa shape index (κ2) is 6.79. The first-order valence-electron chi connectivity index (χ1n) is 6.94. The van der Waals surface area contributed by atoms with Gasteiger partial charge in [-0.25, -0.2) is 13.8 Å². The number of aromatic nitrogens is 1. The summed E-state index contributed by atoms with van der Waals surface area (Å²) in [5.41, 5.74) is 1.93. The standard InChI is InChI=1S/C17H13ClF2N2O/c18-16-5-4-12(8-21-16)9-22(14-6-7-23-11-14)10-13-2-1-3-15(19)17(13)20/h1-8,11H,9-10H2. The first-order valence-corrected chi connectivity index (χ1v) is 7.32. The molecule has 2 heterocycles. The highest BCUT2D eigenvalue weighted by Gasteiger charge is 2.14. The molecule has 2 aromatic heterocycles. The van der Waals surface area contributed by atoms with Gasteiger partial charge in [-0.1, -0.05) is 29.8 Å². The molecule has 0 N–H and O–H groups in total. The van der Waals surface area contributed by atoms with Gasteiger partial charge in [-0.15, -0.1) is 0 Å². The van der Waals surface area contributed by atoms with E-state index in [2.05, 4.69) is 4.98 Å². The minimum Gasteiger partial charge on any atom is -0.470 e. The van der Waals surface area contributed by atoms with Crippen molar-refractivity contribution in [2.24, 2.45) is 0 Å².